The van der Waals surface area contributed by atoms with E-state index in [1.165, 1.54) is 6.07 Å². The number of nitrogens with one attached hydrogen (secondary N) is 1. The SMILES string of the molecule is CCN(CC)CC(=O)Nc1c(C)ccc([N+](=O)[O-])c1C. The van der Waals surface area contributed by atoms with Crippen LogP contribution in [-0.2, 0) is 4.79 Å². The summed E-state index contributed by atoms with van der Waals surface area (Å²) in [5, 5.41) is 13.7. The van der Waals surface area contributed by atoms with Crippen LogP contribution in [0.4, 0.5) is 11.4 Å². The minimum atomic E-state index is -0.436. The standard InChI is InChI=1S/C14H21N3O3/c1-5-16(6-2)9-13(18)15-14-10(3)7-8-12(11(14)4)17(19)20/h7-8H,5-6,9H2,1-4H3,(H,15,18). The molecular formula is C14H21N3O3. The highest BCUT2D eigenvalue weighted by molar-refractivity contribution is 5.94. The summed E-state index contributed by atoms with van der Waals surface area (Å²) in [6.07, 6.45) is 0. The fourth-order valence-electron chi connectivity index (χ4n) is 2.06. The van der Waals surface area contributed by atoms with Crippen LogP contribution in [0.5, 0.6) is 0 Å². The van der Waals surface area contributed by atoms with E-state index in [1.807, 2.05) is 25.7 Å². The molecule has 1 N–H and O–H groups in total. The summed E-state index contributed by atoms with van der Waals surface area (Å²) in [5.41, 5.74) is 1.87. The number of carbonyl (C=O) groups excluding carboxylic acids is 1. The first-order valence-corrected chi connectivity index (χ1v) is 6.67. The highest BCUT2D eigenvalue weighted by atomic mass is 16.6. The zero-order chi connectivity index (χ0) is 15.3. The molecule has 0 radical (unpaired) electrons. The van der Waals surface area contributed by atoms with Crippen LogP contribution in [0.25, 0.3) is 0 Å². The molecular weight excluding hydrogens is 258 g/mol. The zero-order valence-electron chi connectivity index (χ0n) is 12.4. The average Bonchev–Trinajstić information content (AvgIpc) is 2.40. The molecule has 0 aliphatic carbocycles. The number of hydrogen-bond acceptors (Lipinski definition) is 4. The summed E-state index contributed by atoms with van der Waals surface area (Å²) in [6, 6.07) is 3.11. The van der Waals surface area contributed by atoms with Crippen molar-refractivity contribution in [2.75, 3.05) is 25.0 Å². The molecule has 0 spiro atoms. The Hall–Kier alpha value is -1.95. The Labute approximate surface area is 118 Å². The molecule has 6 heteroatoms. The minimum Gasteiger partial charge on any atom is -0.324 e. The second-order valence-electron chi connectivity index (χ2n) is 4.67. The number of anilines is 1. The molecule has 1 rings (SSSR count). The second-order valence-corrected chi connectivity index (χ2v) is 4.67. The van der Waals surface area contributed by atoms with Crippen molar-refractivity contribution in [2.45, 2.75) is 27.7 Å². The van der Waals surface area contributed by atoms with Crippen LogP contribution in [0.2, 0.25) is 0 Å². The molecule has 0 bridgehead atoms. The first kappa shape index (κ1) is 16.1. The molecule has 0 fully saturated rings. The van der Waals surface area contributed by atoms with Crippen molar-refractivity contribution >= 4 is 17.3 Å². The molecule has 0 saturated heterocycles. The predicted molar refractivity (Wildman–Crippen MR) is 79.0 cm³/mol. The van der Waals surface area contributed by atoms with Gasteiger partial charge in [-0.2, -0.15) is 0 Å². The molecule has 1 aromatic carbocycles. The largest absolute Gasteiger partial charge is 0.324 e. The van der Waals surface area contributed by atoms with Gasteiger partial charge in [0.15, 0.2) is 0 Å². The van der Waals surface area contributed by atoms with Crippen molar-refractivity contribution in [1.29, 1.82) is 0 Å². The average molecular weight is 279 g/mol. The van der Waals surface area contributed by atoms with E-state index in [1.54, 1.807) is 13.0 Å². The molecule has 6 nitrogen and oxygen atoms in total. The topological polar surface area (TPSA) is 75.5 Å². The van der Waals surface area contributed by atoms with Gasteiger partial charge in [-0.25, -0.2) is 0 Å². The Morgan fingerprint density at radius 1 is 1.30 bits per heavy atom. The lowest BCUT2D eigenvalue weighted by molar-refractivity contribution is -0.385. The number of hydrogen-bond donors (Lipinski definition) is 1. The number of nitro groups is 1. The van der Waals surface area contributed by atoms with Gasteiger partial charge in [-0.1, -0.05) is 19.9 Å². The summed E-state index contributed by atoms with van der Waals surface area (Å²) in [6.45, 7) is 9.31. The number of carbonyl (C=O) groups is 1. The van der Waals surface area contributed by atoms with Gasteiger partial charge in [0, 0.05) is 6.07 Å². The fraction of sp³-hybridized carbons (Fsp3) is 0.500. The summed E-state index contributed by atoms with van der Waals surface area (Å²) >= 11 is 0. The highest BCUT2D eigenvalue weighted by Gasteiger charge is 2.17. The molecule has 0 unspecified atom stereocenters. The molecule has 1 aromatic rings. The third-order valence-electron chi connectivity index (χ3n) is 3.37. The highest BCUT2D eigenvalue weighted by Crippen LogP contribution is 2.28. The number of amides is 1. The quantitative estimate of drug-likeness (QED) is 0.641. The van der Waals surface area contributed by atoms with E-state index in [4.69, 9.17) is 0 Å². The molecule has 0 aliphatic rings. The van der Waals surface area contributed by atoms with Crippen LogP contribution in [0.15, 0.2) is 12.1 Å². The molecule has 0 aromatic heterocycles. The number of rotatable bonds is 6. The molecule has 0 atom stereocenters. The lowest BCUT2D eigenvalue weighted by Gasteiger charge is -2.18. The van der Waals surface area contributed by atoms with Crippen molar-refractivity contribution in [3.8, 4) is 0 Å². The molecule has 0 heterocycles. The van der Waals surface area contributed by atoms with E-state index in [9.17, 15) is 14.9 Å². The van der Waals surface area contributed by atoms with Crippen molar-refractivity contribution in [3.05, 3.63) is 33.4 Å². The van der Waals surface area contributed by atoms with E-state index in [0.29, 0.717) is 11.3 Å². The summed E-state index contributed by atoms with van der Waals surface area (Å²) in [4.78, 5) is 24.5. The lowest BCUT2D eigenvalue weighted by atomic mass is 10.1. The van der Waals surface area contributed by atoms with Gasteiger partial charge in [-0.3, -0.25) is 19.8 Å². The first-order chi connectivity index (χ1) is 9.40. The smallest absolute Gasteiger partial charge is 0.274 e. The Morgan fingerprint density at radius 2 is 1.90 bits per heavy atom. The van der Waals surface area contributed by atoms with E-state index in [2.05, 4.69) is 5.32 Å². The van der Waals surface area contributed by atoms with Gasteiger partial charge in [0.2, 0.25) is 5.91 Å². The summed E-state index contributed by atoms with van der Waals surface area (Å²) in [5.74, 6) is -0.152. The maximum atomic E-state index is 12.0. The second kappa shape index (κ2) is 7.00. The Balaban J connectivity index is 2.94. The van der Waals surface area contributed by atoms with E-state index >= 15 is 0 Å². The summed E-state index contributed by atoms with van der Waals surface area (Å²) < 4.78 is 0. The number of nitrogens with zero attached hydrogens (tertiary/aromatic N) is 2. The Morgan fingerprint density at radius 3 is 2.40 bits per heavy atom. The minimum absolute atomic E-state index is 0.0220. The van der Waals surface area contributed by atoms with Crippen LogP contribution >= 0.6 is 0 Å². The normalized spacial score (nSPS) is 10.7. The Kier molecular flexibility index (Phi) is 5.64. The number of likely N-dealkylation sites (N-methyl/N-ethyl adjacent to an activating group) is 1. The zero-order valence-corrected chi connectivity index (χ0v) is 12.4. The third kappa shape index (κ3) is 3.77. The van der Waals surface area contributed by atoms with Gasteiger partial charge in [0.1, 0.15) is 0 Å². The van der Waals surface area contributed by atoms with Gasteiger partial charge in [0.05, 0.1) is 22.7 Å². The molecule has 1 amide bonds. The first-order valence-electron chi connectivity index (χ1n) is 6.67. The van der Waals surface area contributed by atoms with Gasteiger partial charge in [-0.05, 0) is 32.5 Å². The van der Waals surface area contributed by atoms with Gasteiger partial charge < -0.3 is 5.32 Å². The van der Waals surface area contributed by atoms with E-state index in [0.717, 1.165) is 18.7 Å². The van der Waals surface area contributed by atoms with Crippen molar-refractivity contribution < 1.29 is 9.72 Å². The summed E-state index contributed by atoms with van der Waals surface area (Å²) in [7, 11) is 0. The number of benzene rings is 1. The van der Waals surface area contributed by atoms with Crippen LogP contribution < -0.4 is 5.32 Å². The van der Waals surface area contributed by atoms with Crippen LogP contribution in [0.3, 0.4) is 0 Å². The third-order valence-corrected chi connectivity index (χ3v) is 3.37. The molecule has 20 heavy (non-hydrogen) atoms. The van der Waals surface area contributed by atoms with E-state index < -0.39 is 4.92 Å². The monoisotopic (exact) mass is 279 g/mol. The van der Waals surface area contributed by atoms with Crippen molar-refractivity contribution in [2.24, 2.45) is 0 Å². The maximum Gasteiger partial charge on any atom is 0.274 e. The number of nitro benzene ring substituents is 1. The van der Waals surface area contributed by atoms with Crippen LogP contribution in [-0.4, -0.2) is 35.4 Å². The maximum absolute atomic E-state index is 12.0. The van der Waals surface area contributed by atoms with Crippen molar-refractivity contribution in [3.63, 3.8) is 0 Å². The van der Waals surface area contributed by atoms with Crippen molar-refractivity contribution in [1.82, 2.24) is 4.90 Å². The van der Waals surface area contributed by atoms with E-state index in [-0.39, 0.29) is 18.1 Å². The molecule has 0 saturated carbocycles. The number of aryl methyl sites for hydroxylation is 1. The van der Waals surface area contributed by atoms with Gasteiger partial charge in [0.25, 0.3) is 5.69 Å². The van der Waals surface area contributed by atoms with Gasteiger partial charge in [-0.15, -0.1) is 0 Å². The Bertz CT molecular complexity index is 511. The predicted octanol–water partition coefficient (Wildman–Crippen LogP) is 2.49. The fourth-order valence-corrected chi connectivity index (χ4v) is 2.06. The molecule has 110 valence electrons. The van der Waals surface area contributed by atoms with Gasteiger partial charge >= 0.3 is 0 Å². The lowest BCUT2D eigenvalue weighted by Crippen LogP contribution is -2.33. The molecule has 0 aliphatic heterocycles. The van der Waals surface area contributed by atoms with Crippen LogP contribution in [0, 0.1) is 24.0 Å². The van der Waals surface area contributed by atoms with Crippen LogP contribution in [0.1, 0.15) is 25.0 Å².